The smallest absolute Gasteiger partial charge is 0.406 e. The van der Waals surface area contributed by atoms with Crippen LogP contribution in [-0.2, 0) is 14.6 Å². The van der Waals surface area contributed by atoms with Gasteiger partial charge in [-0.3, -0.25) is 4.79 Å². The van der Waals surface area contributed by atoms with E-state index in [1.807, 2.05) is 0 Å². The molecule has 2 aliphatic carbocycles. The van der Waals surface area contributed by atoms with Crippen LogP contribution in [0.5, 0.6) is 5.75 Å². The van der Waals surface area contributed by atoms with Crippen LogP contribution < -0.4 is 10.5 Å². The third-order valence-corrected chi connectivity index (χ3v) is 8.20. The monoisotopic (exact) mass is 433 g/mol. The van der Waals surface area contributed by atoms with Crippen molar-refractivity contribution in [2.45, 2.75) is 73.9 Å². The number of ketones is 1. The van der Waals surface area contributed by atoms with Crippen LogP contribution in [0, 0.1) is 11.8 Å². The van der Waals surface area contributed by atoms with Crippen molar-refractivity contribution >= 4 is 15.6 Å². The summed E-state index contributed by atoms with van der Waals surface area (Å²) in [5.74, 6) is -0.336. The highest BCUT2D eigenvalue weighted by atomic mass is 32.2. The number of carbonyl (C=O) groups excluding carboxylic acids is 1. The van der Waals surface area contributed by atoms with E-state index in [-0.39, 0.29) is 28.6 Å². The minimum absolute atomic E-state index is 0.0723. The fraction of sp³-hybridized carbons (Fsp3) is 0.650. The van der Waals surface area contributed by atoms with Gasteiger partial charge in [-0.2, -0.15) is 0 Å². The van der Waals surface area contributed by atoms with E-state index < -0.39 is 27.2 Å². The first kappa shape index (κ1) is 22.1. The van der Waals surface area contributed by atoms with Gasteiger partial charge in [0.2, 0.25) is 0 Å². The number of ether oxygens (including phenoxy) is 1. The third kappa shape index (κ3) is 5.51. The minimum atomic E-state index is -4.88. The minimum Gasteiger partial charge on any atom is -0.406 e. The Morgan fingerprint density at radius 3 is 2.52 bits per heavy atom. The summed E-state index contributed by atoms with van der Waals surface area (Å²) in [4.78, 5) is 12.2. The molecular formula is C20H26F3NO4S. The zero-order valence-electron chi connectivity index (χ0n) is 16.0. The Hall–Kier alpha value is -1.61. The van der Waals surface area contributed by atoms with Crippen molar-refractivity contribution in [1.82, 2.24) is 0 Å². The zero-order chi connectivity index (χ0) is 21.2. The van der Waals surface area contributed by atoms with Gasteiger partial charge in [0.15, 0.2) is 9.84 Å². The van der Waals surface area contributed by atoms with Crippen molar-refractivity contribution in [2.24, 2.45) is 17.6 Å². The van der Waals surface area contributed by atoms with Gasteiger partial charge in [0.1, 0.15) is 11.5 Å². The van der Waals surface area contributed by atoms with Crippen molar-refractivity contribution < 1.29 is 31.1 Å². The molecule has 2 aliphatic rings. The van der Waals surface area contributed by atoms with Gasteiger partial charge < -0.3 is 10.5 Å². The summed E-state index contributed by atoms with van der Waals surface area (Å²) in [6.45, 7) is 0. The highest BCUT2D eigenvalue weighted by molar-refractivity contribution is 7.92. The number of benzene rings is 1. The number of nitrogens with two attached hydrogens (primary N) is 1. The number of Topliss-reactive ketones (excluding diaryl/α,β-unsaturated/α-hetero) is 1. The average molecular weight is 433 g/mol. The van der Waals surface area contributed by atoms with E-state index in [0.717, 1.165) is 37.8 Å². The van der Waals surface area contributed by atoms with E-state index in [1.165, 1.54) is 12.1 Å². The van der Waals surface area contributed by atoms with Crippen LogP contribution >= 0.6 is 0 Å². The molecular weight excluding hydrogens is 407 g/mol. The highest BCUT2D eigenvalue weighted by Gasteiger charge is 2.40. The molecule has 2 atom stereocenters. The number of rotatable bonds is 7. The van der Waals surface area contributed by atoms with Gasteiger partial charge in [-0.25, -0.2) is 8.42 Å². The Bertz CT molecular complexity index is 834. The van der Waals surface area contributed by atoms with Gasteiger partial charge in [0, 0.05) is 18.4 Å². The lowest BCUT2D eigenvalue weighted by Crippen LogP contribution is -2.39. The molecule has 1 unspecified atom stereocenters. The molecule has 0 amide bonds. The standard InChI is InChI=1S/C20H26F3NO4S/c21-20(22,23)28-14-4-3-5-15(12-14)29(26,27)16-10-13(11-16)8-9-19(25)17-6-1-2-7-18(17)24/h3-5,12-13,16-18H,1-2,6-11,24H2/t13?,16?,17?,18-/m0/s1. The van der Waals surface area contributed by atoms with Crippen molar-refractivity contribution in [3.05, 3.63) is 24.3 Å². The molecule has 0 aromatic heterocycles. The van der Waals surface area contributed by atoms with Crippen molar-refractivity contribution in [2.75, 3.05) is 0 Å². The third-order valence-electron chi connectivity index (χ3n) is 6.03. The number of alkyl halides is 3. The molecule has 29 heavy (non-hydrogen) atoms. The molecule has 5 nitrogen and oxygen atoms in total. The summed E-state index contributed by atoms with van der Waals surface area (Å²) in [6, 6.07) is 4.41. The van der Waals surface area contributed by atoms with Crippen LogP contribution in [0.4, 0.5) is 13.2 Å². The molecule has 2 N–H and O–H groups in total. The Morgan fingerprint density at radius 1 is 1.17 bits per heavy atom. The number of sulfone groups is 1. The maximum absolute atomic E-state index is 12.7. The molecule has 3 rings (SSSR count). The topological polar surface area (TPSA) is 86.5 Å². The van der Waals surface area contributed by atoms with Crippen LogP contribution in [-0.4, -0.2) is 31.9 Å². The molecule has 0 spiro atoms. The number of carbonyl (C=O) groups is 1. The molecule has 0 saturated heterocycles. The molecule has 0 bridgehead atoms. The predicted molar refractivity (Wildman–Crippen MR) is 101 cm³/mol. The Labute approximate surface area is 168 Å². The van der Waals surface area contributed by atoms with Crippen molar-refractivity contribution in [3.63, 3.8) is 0 Å². The van der Waals surface area contributed by atoms with E-state index >= 15 is 0 Å². The fourth-order valence-electron chi connectivity index (χ4n) is 4.30. The van der Waals surface area contributed by atoms with Gasteiger partial charge >= 0.3 is 6.36 Å². The van der Waals surface area contributed by atoms with Gasteiger partial charge in [0.05, 0.1) is 10.1 Å². The highest BCUT2D eigenvalue weighted by Crippen LogP contribution is 2.40. The van der Waals surface area contributed by atoms with Gasteiger partial charge in [-0.05, 0) is 56.2 Å². The number of hydrogen-bond acceptors (Lipinski definition) is 5. The van der Waals surface area contributed by atoms with E-state index in [0.29, 0.717) is 25.7 Å². The summed E-state index contributed by atoms with van der Waals surface area (Å²) in [6.07, 6.45) is 0.767. The van der Waals surface area contributed by atoms with Crippen LogP contribution in [0.3, 0.4) is 0 Å². The lowest BCUT2D eigenvalue weighted by molar-refractivity contribution is -0.274. The zero-order valence-corrected chi connectivity index (χ0v) is 16.8. The maximum atomic E-state index is 12.7. The second-order valence-electron chi connectivity index (χ2n) is 8.09. The summed E-state index contributed by atoms with van der Waals surface area (Å²) in [5.41, 5.74) is 6.05. The van der Waals surface area contributed by atoms with Gasteiger partial charge in [0.25, 0.3) is 0 Å². The van der Waals surface area contributed by atoms with Crippen molar-refractivity contribution in [3.8, 4) is 5.75 Å². The second-order valence-corrected chi connectivity index (χ2v) is 10.3. The second kappa shape index (κ2) is 8.63. The van der Waals surface area contributed by atoms with Crippen LogP contribution in [0.1, 0.15) is 51.4 Å². The molecule has 0 aliphatic heterocycles. The first-order valence-electron chi connectivity index (χ1n) is 9.94. The lowest BCUT2D eigenvalue weighted by Gasteiger charge is -2.35. The first-order valence-corrected chi connectivity index (χ1v) is 11.5. The fourth-order valence-corrected chi connectivity index (χ4v) is 6.28. The Kier molecular flexibility index (Phi) is 6.57. The SMILES string of the molecule is N[C@H]1CCCCC1C(=O)CCC1CC(S(=O)(=O)c2cccc(OC(F)(F)F)c2)C1. The molecule has 1 aromatic carbocycles. The molecule has 0 heterocycles. The number of hydrogen-bond donors (Lipinski definition) is 1. The predicted octanol–water partition coefficient (Wildman–Crippen LogP) is 4.00. The maximum Gasteiger partial charge on any atom is 0.573 e. The molecule has 9 heteroatoms. The van der Waals surface area contributed by atoms with Crippen LogP contribution in [0.25, 0.3) is 0 Å². The van der Waals surface area contributed by atoms with E-state index in [4.69, 9.17) is 5.73 Å². The quantitative estimate of drug-likeness (QED) is 0.702. The normalized spacial score (nSPS) is 27.9. The summed E-state index contributed by atoms with van der Waals surface area (Å²) < 4.78 is 66.3. The van der Waals surface area contributed by atoms with E-state index in [9.17, 15) is 26.4 Å². The largest absolute Gasteiger partial charge is 0.573 e. The molecule has 0 radical (unpaired) electrons. The Balaban J connectivity index is 1.52. The molecule has 2 saturated carbocycles. The van der Waals surface area contributed by atoms with Crippen LogP contribution in [0.2, 0.25) is 0 Å². The van der Waals surface area contributed by atoms with Gasteiger partial charge in [-0.15, -0.1) is 13.2 Å². The first-order chi connectivity index (χ1) is 13.6. The molecule has 1 aromatic rings. The summed E-state index contributed by atoms with van der Waals surface area (Å²) in [7, 11) is -3.73. The lowest BCUT2D eigenvalue weighted by atomic mass is 9.77. The van der Waals surface area contributed by atoms with Gasteiger partial charge in [-0.1, -0.05) is 18.9 Å². The number of halogens is 3. The van der Waals surface area contributed by atoms with Crippen LogP contribution in [0.15, 0.2) is 29.2 Å². The van der Waals surface area contributed by atoms with E-state index in [2.05, 4.69) is 4.74 Å². The molecule has 2 fully saturated rings. The van der Waals surface area contributed by atoms with Crippen molar-refractivity contribution in [1.29, 1.82) is 0 Å². The molecule has 162 valence electrons. The summed E-state index contributed by atoms with van der Waals surface area (Å²) in [5, 5.41) is -0.638. The summed E-state index contributed by atoms with van der Waals surface area (Å²) >= 11 is 0. The van der Waals surface area contributed by atoms with E-state index in [1.54, 1.807) is 0 Å². The average Bonchev–Trinajstić information content (AvgIpc) is 2.59. The Morgan fingerprint density at radius 2 is 1.86 bits per heavy atom.